The lowest BCUT2D eigenvalue weighted by Gasteiger charge is -2.05. The maximum Gasteiger partial charge on any atom is 0.127 e. The van der Waals surface area contributed by atoms with Crippen molar-refractivity contribution in [3.05, 3.63) is 28.8 Å². The van der Waals surface area contributed by atoms with Crippen LogP contribution in [0.2, 0.25) is 0 Å². The highest BCUT2D eigenvalue weighted by Crippen LogP contribution is 2.30. The molecule has 3 nitrogen and oxygen atoms in total. The summed E-state index contributed by atoms with van der Waals surface area (Å²) in [5, 5.41) is 8.76. The van der Waals surface area contributed by atoms with Gasteiger partial charge in [-0.05, 0) is 17.7 Å². The van der Waals surface area contributed by atoms with Crippen LogP contribution in [0, 0.1) is 11.3 Å². The summed E-state index contributed by atoms with van der Waals surface area (Å²) in [6, 6.07) is 5.79. The quantitative estimate of drug-likeness (QED) is 0.689. The van der Waals surface area contributed by atoms with Crippen LogP contribution in [0.25, 0.3) is 0 Å². The third-order valence-corrected chi connectivity index (χ3v) is 2.21. The molecule has 0 spiro atoms. The minimum absolute atomic E-state index is 0.428. The maximum absolute atomic E-state index is 8.76. The molecule has 0 saturated carbocycles. The van der Waals surface area contributed by atoms with Crippen molar-refractivity contribution in [3.8, 4) is 11.8 Å². The normalized spacial score (nSPS) is 13.2. The Kier molecular flexibility index (Phi) is 1.91. The van der Waals surface area contributed by atoms with Gasteiger partial charge in [0.05, 0.1) is 18.2 Å². The monoisotopic (exact) mass is 174 g/mol. The standard InChI is InChI=1S/C10H10N2O/c11-5-7-3-8-1-2-13-10(8)9(4-7)6-12/h3-4H,1-2,6,12H2. The van der Waals surface area contributed by atoms with Gasteiger partial charge in [-0.15, -0.1) is 0 Å². The average Bonchev–Trinajstić information content (AvgIpc) is 2.63. The summed E-state index contributed by atoms with van der Waals surface area (Å²) >= 11 is 0. The van der Waals surface area contributed by atoms with Crippen molar-refractivity contribution in [2.24, 2.45) is 5.73 Å². The van der Waals surface area contributed by atoms with E-state index in [1.54, 1.807) is 6.07 Å². The van der Waals surface area contributed by atoms with E-state index in [2.05, 4.69) is 6.07 Å². The second-order valence-electron chi connectivity index (χ2n) is 3.04. The Hall–Kier alpha value is -1.53. The summed E-state index contributed by atoms with van der Waals surface area (Å²) in [6.07, 6.45) is 0.887. The zero-order valence-corrected chi connectivity index (χ0v) is 7.21. The first kappa shape index (κ1) is 8.09. The molecule has 66 valence electrons. The Labute approximate surface area is 76.7 Å². The van der Waals surface area contributed by atoms with E-state index >= 15 is 0 Å². The highest BCUT2D eigenvalue weighted by Gasteiger charge is 2.16. The SMILES string of the molecule is N#Cc1cc(CN)c2c(c1)CCO2. The van der Waals surface area contributed by atoms with Crippen LogP contribution in [0.5, 0.6) is 5.75 Å². The molecule has 0 aliphatic carbocycles. The predicted octanol–water partition coefficient (Wildman–Crippen LogP) is 0.952. The number of nitrogens with two attached hydrogens (primary N) is 1. The fraction of sp³-hybridized carbons (Fsp3) is 0.300. The van der Waals surface area contributed by atoms with Crippen LogP contribution < -0.4 is 10.5 Å². The van der Waals surface area contributed by atoms with E-state index in [1.807, 2.05) is 6.07 Å². The molecule has 0 atom stereocenters. The summed E-state index contributed by atoms with van der Waals surface area (Å²) < 4.78 is 5.43. The second kappa shape index (κ2) is 3.08. The lowest BCUT2D eigenvalue weighted by Crippen LogP contribution is -2.00. The van der Waals surface area contributed by atoms with Gasteiger partial charge in [0.1, 0.15) is 5.75 Å². The fourth-order valence-corrected chi connectivity index (χ4v) is 1.60. The fourth-order valence-electron chi connectivity index (χ4n) is 1.60. The predicted molar refractivity (Wildman–Crippen MR) is 48.2 cm³/mol. The van der Waals surface area contributed by atoms with Crippen LogP contribution >= 0.6 is 0 Å². The lowest BCUT2D eigenvalue weighted by atomic mass is 10.0. The Balaban J connectivity index is 2.57. The summed E-state index contributed by atoms with van der Waals surface area (Å²) in [7, 11) is 0. The highest BCUT2D eigenvalue weighted by molar-refractivity contribution is 5.50. The zero-order chi connectivity index (χ0) is 9.26. The Morgan fingerprint density at radius 1 is 1.54 bits per heavy atom. The van der Waals surface area contributed by atoms with Crippen molar-refractivity contribution in [3.63, 3.8) is 0 Å². The number of hydrogen-bond acceptors (Lipinski definition) is 3. The molecule has 0 fully saturated rings. The van der Waals surface area contributed by atoms with E-state index in [0.717, 1.165) is 23.3 Å². The van der Waals surface area contributed by atoms with Gasteiger partial charge in [-0.2, -0.15) is 5.26 Å². The van der Waals surface area contributed by atoms with E-state index in [9.17, 15) is 0 Å². The van der Waals surface area contributed by atoms with E-state index in [-0.39, 0.29) is 0 Å². The van der Waals surface area contributed by atoms with E-state index in [0.29, 0.717) is 18.7 Å². The molecule has 3 heteroatoms. The van der Waals surface area contributed by atoms with Crippen LogP contribution in [0.1, 0.15) is 16.7 Å². The van der Waals surface area contributed by atoms with Gasteiger partial charge in [0.15, 0.2) is 0 Å². The third kappa shape index (κ3) is 1.25. The van der Waals surface area contributed by atoms with Crippen molar-refractivity contribution in [1.82, 2.24) is 0 Å². The van der Waals surface area contributed by atoms with Gasteiger partial charge in [-0.1, -0.05) is 0 Å². The third-order valence-electron chi connectivity index (χ3n) is 2.21. The molecule has 0 bridgehead atoms. The van der Waals surface area contributed by atoms with Crippen LogP contribution in [0.3, 0.4) is 0 Å². The van der Waals surface area contributed by atoms with Crippen molar-refractivity contribution >= 4 is 0 Å². The first-order valence-corrected chi connectivity index (χ1v) is 4.24. The van der Waals surface area contributed by atoms with E-state index < -0.39 is 0 Å². The first-order valence-electron chi connectivity index (χ1n) is 4.24. The van der Waals surface area contributed by atoms with E-state index in [4.69, 9.17) is 15.7 Å². The van der Waals surface area contributed by atoms with Crippen molar-refractivity contribution in [1.29, 1.82) is 5.26 Å². The number of nitrogens with zero attached hydrogens (tertiary/aromatic N) is 1. The molecule has 2 rings (SSSR count). The molecular weight excluding hydrogens is 164 g/mol. The van der Waals surface area contributed by atoms with Gasteiger partial charge in [-0.25, -0.2) is 0 Å². The number of nitriles is 1. The molecule has 0 aromatic heterocycles. The Morgan fingerprint density at radius 3 is 3.08 bits per heavy atom. The Morgan fingerprint density at radius 2 is 2.38 bits per heavy atom. The summed E-state index contributed by atoms with van der Waals surface area (Å²) in [4.78, 5) is 0. The van der Waals surface area contributed by atoms with Crippen LogP contribution in [-0.4, -0.2) is 6.61 Å². The lowest BCUT2D eigenvalue weighted by molar-refractivity contribution is 0.353. The molecule has 1 aliphatic heterocycles. The van der Waals surface area contributed by atoms with Crippen LogP contribution in [0.4, 0.5) is 0 Å². The number of benzene rings is 1. The van der Waals surface area contributed by atoms with E-state index in [1.165, 1.54) is 0 Å². The topological polar surface area (TPSA) is 59.0 Å². The van der Waals surface area contributed by atoms with Crippen molar-refractivity contribution < 1.29 is 4.74 Å². The van der Waals surface area contributed by atoms with Gasteiger partial charge >= 0.3 is 0 Å². The van der Waals surface area contributed by atoms with Gasteiger partial charge < -0.3 is 10.5 Å². The van der Waals surface area contributed by atoms with Crippen molar-refractivity contribution in [2.45, 2.75) is 13.0 Å². The molecule has 2 N–H and O–H groups in total. The highest BCUT2D eigenvalue weighted by atomic mass is 16.5. The average molecular weight is 174 g/mol. The largest absolute Gasteiger partial charge is 0.493 e. The second-order valence-corrected chi connectivity index (χ2v) is 3.04. The van der Waals surface area contributed by atoms with Crippen LogP contribution in [0.15, 0.2) is 12.1 Å². The van der Waals surface area contributed by atoms with Gasteiger partial charge in [0, 0.05) is 18.5 Å². The molecule has 1 aromatic rings. The molecule has 1 heterocycles. The summed E-state index contributed by atoms with van der Waals surface area (Å²) in [5.41, 5.74) is 8.28. The zero-order valence-electron chi connectivity index (χ0n) is 7.21. The molecule has 0 radical (unpaired) electrons. The van der Waals surface area contributed by atoms with Crippen LogP contribution in [-0.2, 0) is 13.0 Å². The number of rotatable bonds is 1. The molecular formula is C10H10N2O. The van der Waals surface area contributed by atoms with Gasteiger partial charge in [-0.3, -0.25) is 0 Å². The van der Waals surface area contributed by atoms with Gasteiger partial charge in [0.2, 0.25) is 0 Å². The molecule has 1 aliphatic rings. The molecule has 0 unspecified atom stereocenters. The molecule has 1 aromatic carbocycles. The number of ether oxygens (including phenoxy) is 1. The van der Waals surface area contributed by atoms with Crippen molar-refractivity contribution in [2.75, 3.05) is 6.61 Å². The molecule has 0 amide bonds. The summed E-state index contributed by atoms with van der Waals surface area (Å²) in [5.74, 6) is 0.890. The Bertz CT molecular complexity index is 379. The molecule has 0 saturated heterocycles. The number of fused-ring (bicyclic) bond motifs is 1. The summed E-state index contributed by atoms with van der Waals surface area (Å²) in [6.45, 7) is 1.13. The maximum atomic E-state index is 8.76. The van der Waals surface area contributed by atoms with Gasteiger partial charge in [0.25, 0.3) is 0 Å². The minimum Gasteiger partial charge on any atom is -0.493 e. The number of hydrogen-bond donors (Lipinski definition) is 1. The smallest absolute Gasteiger partial charge is 0.127 e. The first-order chi connectivity index (χ1) is 6.35. The minimum atomic E-state index is 0.428. The molecule has 13 heavy (non-hydrogen) atoms.